The number of amides is 2. The minimum atomic E-state index is -0.250. The number of rotatable bonds is 5. The van der Waals surface area contributed by atoms with Crippen molar-refractivity contribution in [1.82, 2.24) is 4.98 Å². The van der Waals surface area contributed by atoms with Crippen molar-refractivity contribution < 1.29 is 14.3 Å². The van der Waals surface area contributed by atoms with E-state index in [1.54, 1.807) is 43.8 Å². The highest BCUT2D eigenvalue weighted by molar-refractivity contribution is 7.17. The number of hydrogen-bond acceptors (Lipinski definition) is 5. The maximum atomic E-state index is 13.3. The summed E-state index contributed by atoms with van der Waals surface area (Å²) in [6.07, 6.45) is 8.20. The highest BCUT2D eigenvalue weighted by Gasteiger charge is 2.26. The highest BCUT2D eigenvalue weighted by atomic mass is 32.1. The summed E-state index contributed by atoms with van der Waals surface area (Å²) in [7, 11) is 1.57. The van der Waals surface area contributed by atoms with Gasteiger partial charge in [0.2, 0.25) is 0 Å². The number of methoxy groups -OCH3 is 1. The Morgan fingerprint density at radius 3 is 2.53 bits per heavy atom. The largest absolute Gasteiger partial charge is 0.495 e. The Hall–Kier alpha value is -3.19. The van der Waals surface area contributed by atoms with Crippen LogP contribution in [0.3, 0.4) is 0 Å². The molecule has 1 aromatic carbocycles. The second-order valence-electron chi connectivity index (χ2n) is 7.11. The number of fused-ring (bicyclic) bond motifs is 1. The fraction of sp³-hybridized carbons (Fsp3) is 0.261. The van der Waals surface area contributed by atoms with Crippen LogP contribution in [0.4, 0.5) is 10.7 Å². The predicted molar refractivity (Wildman–Crippen MR) is 119 cm³/mol. The van der Waals surface area contributed by atoms with Gasteiger partial charge in [0.05, 0.1) is 18.4 Å². The SMILES string of the molecule is COc1ccccc1NC(=O)c1c(NC(=O)c2ccncc2)sc2c1CCCCC2. The van der Waals surface area contributed by atoms with Gasteiger partial charge in [0.1, 0.15) is 10.8 Å². The van der Waals surface area contributed by atoms with Gasteiger partial charge in [-0.05, 0) is 55.5 Å². The summed E-state index contributed by atoms with van der Waals surface area (Å²) in [6.45, 7) is 0. The molecule has 30 heavy (non-hydrogen) atoms. The Morgan fingerprint density at radius 2 is 1.73 bits per heavy atom. The third-order valence-electron chi connectivity index (χ3n) is 5.17. The minimum Gasteiger partial charge on any atom is -0.495 e. The molecule has 2 N–H and O–H groups in total. The van der Waals surface area contributed by atoms with Crippen molar-refractivity contribution in [3.63, 3.8) is 0 Å². The quantitative estimate of drug-likeness (QED) is 0.573. The molecule has 2 heterocycles. The van der Waals surface area contributed by atoms with E-state index in [4.69, 9.17) is 4.74 Å². The van der Waals surface area contributed by atoms with Gasteiger partial charge in [0.15, 0.2) is 0 Å². The summed E-state index contributed by atoms with van der Waals surface area (Å²) in [5.41, 5.74) is 2.72. The van der Waals surface area contributed by atoms with E-state index in [0.717, 1.165) is 37.7 Å². The summed E-state index contributed by atoms with van der Waals surface area (Å²) in [4.78, 5) is 31.2. The molecular formula is C23H23N3O3S. The molecule has 2 amide bonds. The summed E-state index contributed by atoms with van der Waals surface area (Å²) >= 11 is 1.51. The summed E-state index contributed by atoms with van der Waals surface area (Å²) in [5, 5.41) is 6.52. The average molecular weight is 422 g/mol. The smallest absolute Gasteiger partial charge is 0.259 e. The summed E-state index contributed by atoms with van der Waals surface area (Å²) in [6, 6.07) is 10.6. The van der Waals surface area contributed by atoms with Crippen molar-refractivity contribution in [2.75, 3.05) is 17.7 Å². The van der Waals surface area contributed by atoms with Gasteiger partial charge in [-0.2, -0.15) is 0 Å². The van der Waals surface area contributed by atoms with Gasteiger partial charge in [-0.3, -0.25) is 14.6 Å². The molecule has 1 aliphatic carbocycles. The number of benzene rings is 1. The zero-order valence-corrected chi connectivity index (χ0v) is 17.6. The van der Waals surface area contributed by atoms with Crippen LogP contribution in [0, 0.1) is 0 Å². The lowest BCUT2D eigenvalue weighted by Gasteiger charge is -2.12. The molecule has 0 saturated carbocycles. The van der Waals surface area contributed by atoms with Crippen molar-refractivity contribution in [3.8, 4) is 5.75 Å². The van der Waals surface area contributed by atoms with Crippen LogP contribution in [0.2, 0.25) is 0 Å². The van der Waals surface area contributed by atoms with E-state index in [0.29, 0.717) is 27.6 Å². The van der Waals surface area contributed by atoms with Crippen molar-refractivity contribution in [1.29, 1.82) is 0 Å². The van der Waals surface area contributed by atoms with E-state index >= 15 is 0 Å². The molecule has 0 radical (unpaired) electrons. The van der Waals surface area contributed by atoms with Crippen molar-refractivity contribution in [2.24, 2.45) is 0 Å². The maximum absolute atomic E-state index is 13.3. The molecule has 0 unspecified atom stereocenters. The van der Waals surface area contributed by atoms with Crippen molar-refractivity contribution in [3.05, 3.63) is 70.4 Å². The second kappa shape index (κ2) is 9.09. The standard InChI is InChI=1S/C23H23N3O3S/c1-29-18-9-6-5-8-17(18)25-22(28)20-16-7-3-2-4-10-19(16)30-23(20)26-21(27)15-11-13-24-14-12-15/h5-6,8-9,11-14H,2-4,7,10H2,1H3,(H,25,28)(H,26,27). The first-order chi connectivity index (χ1) is 14.7. The van der Waals surface area contributed by atoms with Crippen molar-refractivity contribution >= 4 is 33.8 Å². The topological polar surface area (TPSA) is 80.3 Å². The summed E-state index contributed by atoms with van der Waals surface area (Å²) in [5.74, 6) is 0.110. The fourth-order valence-corrected chi connectivity index (χ4v) is 4.96. The Balaban J connectivity index is 1.68. The van der Waals surface area contributed by atoms with E-state index in [2.05, 4.69) is 15.6 Å². The van der Waals surface area contributed by atoms with E-state index in [9.17, 15) is 9.59 Å². The zero-order chi connectivity index (χ0) is 20.9. The van der Waals surface area contributed by atoms with Crippen LogP contribution < -0.4 is 15.4 Å². The van der Waals surface area contributed by atoms with Gasteiger partial charge in [0, 0.05) is 22.8 Å². The van der Waals surface area contributed by atoms with Gasteiger partial charge in [-0.1, -0.05) is 18.6 Å². The Labute approximate surface area is 179 Å². The lowest BCUT2D eigenvalue weighted by atomic mass is 10.0. The maximum Gasteiger partial charge on any atom is 0.259 e. The molecule has 3 aromatic rings. The molecule has 0 aliphatic heterocycles. The molecule has 4 rings (SSSR count). The van der Waals surface area contributed by atoms with Gasteiger partial charge in [-0.25, -0.2) is 0 Å². The van der Waals surface area contributed by atoms with Crippen LogP contribution in [0.25, 0.3) is 0 Å². The number of ether oxygens (including phenoxy) is 1. The Bertz CT molecular complexity index is 1060. The number of aryl methyl sites for hydroxylation is 1. The molecule has 0 fully saturated rings. The lowest BCUT2D eigenvalue weighted by Crippen LogP contribution is -2.18. The molecule has 0 atom stereocenters. The molecule has 6 nitrogen and oxygen atoms in total. The molecular weight excluding hydrogens is 398 g/mol. The first-order valence-electron chi connectivity index (χ1n) is 9.97. The molecule has 0 saturated heterocycles. The number of carbonyl (C=O) groups excluding carboxylic acids is 2. The van der Waals surface area contributed by atoms with E-state index in [1.165, 1.54) is 16.2 Å². The average Bonchev–Trinajstić information content (AvgIpc) is 2.95. The first-order valence-corrected chi connectivity index (χ1v) is 10.8. The molecule has 7 heteroatoms. The molecule has 0 spiro atoms. The Morgan fingerprint density at radius 1 is 0.967 bits per heavy atom. The second-order valence-corrected chi connectivity index (χ2v) is 8.22. The molecule has 154 valence electrons. The highest BCUT2D eigenvalue weighted by Crippen LogP contribution is 2.38. The van der Waals surface area contributed by atoms with Crippen LogP contribution in [0.1, 0.15) is 50.4 Å². The third kappa shape index (κ3) is 4.21. The first kappa shape index (κ1) is 20.1. The number of anilines is 2. The van der Waals surface area contributed by atoms with E-state index in [1.807, 2.05) is 12.1 Å². The number of nitrogens with zero attached hydrogens (tertiary/aromatic N) is 1. The van der Waals surface area contributed by atoms with Crippen LogP contribution in [0.5, 0.6) is 5.75 Å². The fourth-order valence-electron chi connectivity index (χ4n) is 3.68. The number of pyridine rings is 1. The van der Waals surface area contributed by atoms with Gasteiger partial charge < -0.3 is 15.4 Å². The van der Waals surface area contributed by atoms with Crippen molar-refractivity contribution in [2.45, 2.75) is 32.1 Å². The predicted octanol–water partition coefficient (Wildman–Crippen LogP) is 4.93. The third-order valence-corrected chi connectivity index (χ3v) is 6.38. The number of nitrogens with one attached hydrogen (secondary N) is 2. The van der Waals surface area contributed by atoms with Crippen LogP contribution >= 0.6 is 11.3 Å². The monoisotopic (exact) mass is 421 g/mol. The van der Waals surface area contributed by atoms with Crippen LogP contribution in [-0.2, 0) is 12.8 Å². The zero-order valence-electron chi connectivity index (χ0n) is 16.7. The normalized spacial score (nSPS) is 13.1. The Kier molecular flexibility index (Phi) is 6.09. The van der Waals surface area contributed by atoms with Gasteiger partial charge >= 0.3 is 0 Å². The van der Waals surface area contributed by atoms with Gasteiger partial charge in [0.25, 0.3) is 11.8 Å². The molecule has 0 bridgehead atoms. The van der Waals surface area contributed by atoms with E-state index < -0.39 is 0 Å². The number of aromatic nitrogens is 1. The summed E-state index contributed by atoms with van der Waals surface area (Å²) < 4.78 is 5.36. The van der Waals surface area contributed by atoms with E-state index in [-0.39, 0.29) is 11.8 Å². The van der Waals surface area contributed by atoms with Crippen LogP contribution in [0.15, 0.2) is 48.8 Å². The van der Waals surface area contributed by atoms with Crippen LogP contribution in [-0.4, -0.2) is 23.9 Å². The lowest BCUT2D eigenvalue weighted by molar-refractivity contribution is 0.102. The molecule has 2 aromatic heterocycles. The number of para-hydroxylation sites is 2. The number of hydrogen-bond donors (Lipinski definition) is 2. The number of thiophene rings is 1. The van der Waals surface area contributed by atoms with Gasteiger partial charge in [-0.15, -0.1) is 11.3 Å². The molecule has 1 aliphatic rings. The number of carbonyl (C=O) groups is 2. The minimum absolute atomic E-state index is 0.232.